The molecule has 6 nitrogen and oxygen atoms in total. The van der Waals surface area contributed by atoms with Gasteiger partial charge < -0.3 is 10.6 Å². The van der Waals surface area contributed by atoms with Crippen LogP contribution in [0.4, 0.5) is 5.69 Å². The number of hydrogen-bond donors (Lipinski definition) is 2. The van der Waals surface area contributed by atoms with Gasteiger partial charge in [0.25, 0.3) is 0 Å². The van der Waals surface area contributed by atoms with Crippen LogP contribution in [-0.2, 0) is 9.59 Å². The van der Waals surface area contributed by atoms with E-state index in [9.17, 15) is 9.59 Å². The number of halogens is 1. The van der Waals surface area contributed by atoms with Crippen molar-refractivity contribution >= 4 is 50.5 Å². The zero-order valence-corrected chi connectivity index (χ0v) is 15.2. The molecule has 0 aliphatic rings. The summed E-state index contributed by atoms with van der Waals surface area (Å²) < 4.78 is 0.922. The van der Waals surface area contributed by atoms with Gasteiger partial charge in [0.2, 0.25) is 11.8 Å². The van der Waals surface area contributed by atoms with Gasteiger partial charge in [0, 0.05) is 16.2 Å². The number of amides is 2. The molecule has 3 rings (SSSR count). The minimum absolute atomic E-state index is 0.122. The normalized spacial score (nSPS) is 10.8. The van der Waals surface area contributed by atoms with E-state index < -0.39 is 0 Å². The Morgan fingerprint density at radius 2 is 1.77 bits per heavy atom. The number of anilines is 1. The first kappa shape index (κ1) is 17.8. The summed E-state index contributed by atoms with van der Waals surface area (Å²) in [5, 5.41) is 5.22. The predicted octanol–water partition coefficient (Wildman–Crippen LogP) is 3.16. The van der Waals surface area contributed by atoms with Gasteiger partial charge in [0.05, 0.1) is 29.5 Å². The molecule has 0 radical (unpaired) electrons. The van der Waals surface area contributed by atoms with Crippen molar-refractivity contribution in [1.82, 2.24) is 15.3 Å². The smallest absolute Gasteiger partial charge is 0.244 e. The number of hydrogen-bond acceptors (Lipinski definition) is 4. The number of carbonyl (C=O) groups is 2. The largest absolute Gasteiger partial charge is 0.343 e. The highest BCUT2D eigenvalue weighted by Crippen LogP contribution is 2.13. The first-order valence-electron chi connectivity index (χ1n) is 7.83. The van der Waals surface area contributed by atoms with E-state index in [1.54, 1.807) is 24.4 Å². The van der Waals surface area contributed by atoms with Crippen LogP contribution in [0.5, 0.6) is 0 Å². The lowest BCUT2D eigenvalue weighted by Crippen LogP contribution is -2.31. The molecule has 0 saturated heterocycles. The van der Waals surface area contributed by atoms with E-state index in [1.807, 2.05) is 36.4 Å². The van der Waals surface area contributed by atoms with Crippen LogP contribution in [0.2, 0.25) is 0 Å². The summed E-state index contributed by atoms with van der Waals surface area (Å²) in [4.78, 5) is 32.4. The van der Waals surface area contributed by atoms with Crippen molar-refractivity contribution in [3.8, 4) is 0 Å². The van der Waals surface area contributed by atoms with Crippen LogP contribution in [-0.4, -0.2) is 28.3 Å². The van der Waals surface area contributed by atoms with Gasteiger partial charge in [-0.15, -0.1) is 0 Å². The van der Waals surface area contributed by atoms with E-state index in [0.717, 1.165) is 15.5 Å². The van der Waals surface area contributed by atoms with Crippen LogP contribution < -0.4 is 10.6 Å². The summed E-state index contributed by atoms with van der Waals surface area (Å²) in [6.07, 6.45) is 4.47. The minimum atomic E-state index is -0.383. The number of rotatable bonds is 5. The summed E-state index contributed by atoms with van der Waals surface area (Å²) in [7, 11) is 0. The number of para-hydroxylation sites is 2. The van der Waals surface area contributed by atoms with E-state index >= 15 is 0 Å². The number of carbonyl (C=O) groups excluding carboxylic acids is 2. The summed E-state index contributed by atoms with van der Waals surface area (Å²) >= 11 is 3.32. The number of nitrogens with one attached hydrogen (secondary N) is 2. The Morgan fingerprint density at radius 1 is 1.04 bits per heavy atom. The van der Waals surface area contributed by atoms with Crippen molar-refractivity contribution in [3.63, 3.8) is 0 Å². The van der Waals surface area contributed by atoms with Gasteiger partial charge in [-0.05, 0) is 42.5 Å². The van der Waals surface area contributed by atoms with Crippen LogP contribution in [0.3, 0.4) is 0 Å². The standard InChI is InChI=1S/C19H15BrN4O2/c20-13-5-7-14(8-6-13)24-19(26)12-22-18(25)10-9-15-11-21-16-3-1-2-4-17(16)23-15/h1-11H,12H2,(H,22,25)(H,24,26)/b10-9+. The Labute approximate surface area is 158 Å². The van der Waals surface area contributed by atoms with Gasteiger partial charge in [0.15, 0.2) is 0 Å². The Kier molecular flexibility index (Phi) is 5.70. The zero-order valence-electron chi connectivity index (χ0n) is 13.6. The van der Waals surface area contributed by atoms with Crippen molar-refractivity contribution < 1.29 is 9.59 Å². The maximum absolute atomic E-state index is 11.8. The molecule has 0 fully saturated rings. The lowest BCUT2D eigenvalue weighted by atomic mass is 10.3. The van der Waals surface area contributed by atoms with E-state index in [2.05, 4.69) is 36.5 Å². The van der Waals surface area contributed by atoms with Crippen LogP contribution in [0, 0.1) is 0 Å². The number of aromatic nitrogens is 2. The monoisotopic (exact) mass is 410 g/mol. The summed E-state index contributed by atoms with van der Waals surface area (Å²) in [5.41, 5.74) is 2.77. The van der Waals surface area contributed by atoms with Gasteiger partial charge in [-0.2, -0.15) is 0 Å². The molecule has 7 heteroatoms. The maximum atomic E-state index is 11.8. The van der Waals surface area contributed by atoms with Gasteiger partial charge in [-0.3, -0.25) is 14.6 Å². The number of benzene rings is 2. The minimum Gasteiger partial charge on any atom is -0.343 e. The number of fused-ring (bicyclic) bond motifs is 1. The third-order valence-corrected chi connectivity index (χ3v) is 3.95. The molecule has 2 aromatic carbocycles. The average molecular weight is 411 g/mol. The molecule has 2 amide bonds. The molecular formula is C19H15BrN4O2. The van der Waals surface area contributed by atoms with Crippen LogP contribution in [0.15, 0.2) is 65.3 Å². The molecular weight excluding hydrogens is 396 g/mol. The quantitative estimate of drug-likeness (QED) is 0.632. The fourth-order valence-electron chi connectivity index (χ4n) is 2.18. The van der Waals surface area contributed by atoms with Crippen molar-refractivity contribution in [3.05, 3.63) is 71.0 Å². The molecule has 0 bridgehead atoms. The first-order valence-corrected chi connectivity index (χ1v) is 8.62. The first-order chi connectivity index (χ1) is 12.6. The van der Waals surface area contributed by atoms with Crippen molar-refractivity contribution in [2.45, 2.75) is 0 Å². The van der Waals surface area contributed by atoms with Gasteiger partial charge in [0.1, 0.15) is 0 Å². The summed E-state index contributed by atoms with van der Waals surface area (Å²) in [6, 6.07) is 14.7. The second-order valence-corrected chi connectivity index (χ2v) is 6.31. The second kappa shape index (κ2) is 8.35. The van der Waals surface area contributed by atoms with E-state index in [0.29, 0.717) is 11.4 Å². The topological polar surface area (TPSA) is 84.0 Å². The summed E-state index contributed by atoms with van der Waals surface area (Å²) in [5.74, 6) is -0.689. The van der Waals surface area contributed by atoms with Crippen LogP contribution in [0.25, 0.3) is 17.1 Å². The van der Waals surface area contributed by atoms with Crippen LogP contribution in [0.1, 0.15) is 5.69 Å². The molecule has 26 heavy (non-hydrogen) atoms. The second-order valence-electron chi connectivity index (χ2n) is 5.39. The molecule has 1 heterocycles. The Hall–Kier alpha value is -3.06. The van der Waals surface area contributed by atoms with E-state index in [4.69, 9.17) is 0 Å². The van der Waals surface area contributed by atoms with Crippen molar-refractivity contribution in [2.24, 2.45) is 0 Å². The van der Waals surface area contributed by atoms with Crippen molar-refractivity contribution in [1.29, 1.82) is 0 Å². The molecule has 2 N–H and O–H groups in total. The molecule has 130 valence electrons. The molecule has 3 aromatic rings. The molecule has 0 saturated carbocycles. The lowest BCUT2D eigenvalue weighted by Gasteiger charge is -2.05. The Balaban J connectivity index is 1.51. The highest BCUT2D eigenvalue weighted by Gasteiger charge is 2.04. The molecule has 0 atom stereocenters. The zero-order chi connectivity index (χ0) is 18.4. The van der Waals surface area contributed by atoms with Gasteiger partial charge >= 0.3 is 0 Å². The maximum Gasteiger partial charge on any atom is 0.244 e. The van der Waals surface area contributed by atoms with Gasteiger partial charge in [-0.1, -0.05) is 28.1 Å². The average Bonchev–Trinajstić information content (AvgIpc) is 2.66. The molecule has 0 unspecified atom stereocenters. The Bertz CT molecular complexity index is 971. The molecule has 1 aromatic heterocycles. The SMILES string of the molecule is O=C(/C=C/c1cnc2ccccc2n1)NCC(=O)Nc1ccc(Br)cc1. The van der Waals surface area contributed by atoms with E-state index in [1.165, 1.54) is 6.08 Å². The van der Waals surface area contributed by atoms with Crippen LogP contribution >= 0.6 is 15.9 Å². The highest BCUT2D eigenvalue weighted by molar-refractivity contribution is 9.10. The Morgan fingerprint density at radius 3 is 2.54 bits per heavy atom. The summed E-state index contributed by atoms with van der Waals surface area (Å²) in [6.45, 7) is -0.122. The third kappa shape index (κ3) is 4.97. The van der Waals surface area contributed by atoms with Crippen molar-refractivity contribution in [2.75, 3.05) is 11.9 Å². The fraction of sp³-hybridized carbons (Fsp3) is 0.0526. The third-order valence-electron chi connectivity index (χ3n) is 3.42. The number of nitrogens with zero attached hydrogens (tertiary/aromatic N) is 2. The highest BCUT2D eigenvalue weighted by atomic mass is 79.9. The molecule has 0 spiro atoms. The predicted molar refractivity (Wildman–Crippen MR) is 104 cm³/mol. The van der Waals surface area contributed by atoms with Gasteiger partial charge in [-0.25, -0.2) is 4.98 Å². The lowest BCUT2D eigenvalue weighted by molar-refractivity contribution is -0.121. The van der Waals surface area contributed by atoms with E-state index in [-0.39, 0.29) is 18.4 Å². The molecule has 0 aliphatic heterocycles. The fourth-order valence-corrected chi connectivity index (χ4v) is 2.44. The molecule has 0 aliphatic carbocycles.